The first-order valence-electron chi connectivity index (χ1n) is 5.62. The molecule has 0 radical (unpaired) electrons. The molecule has 2 aliphatic rings. The Hall–Kier alpha value is -0.0800. The maximum absolute atomic E-state index is 10.0. The van der Waals surface area contributed by atoms with Crippen LogP contribution in [0.25, 0.3) is 0 Å². The highest BCUT2D eigenvalue weighted by molar-refractivity contribution is 4.93. The largest absolute Gasteiger partial charge is 0.396 e. The Kier molecular flexibility index (Phi) is 2.89. The maximum atomic E-state index is 10.0. The molecule has 0 heterocycles. The van der Waals surface area contributed by atoms with Crippen LogP contribution < -0.4 is 0 Å². The summed E-state index contributed by atoms with van der Waals surface area (Å²) in [7, 11) is 0. The van der Waals surface area contributed by atoms with Crippen molar-refractivity contribution >= 4 is 0 Å². The summed E-state index contributed by atoms with van der Waals surface area (Å²) in [6.07, 6.45) is 7.27. The van der Waals surface area contributed by atoms with Gasteiger partial charge in [-0.2, -0.15) is 0 Å². The Labute approximate surface area is 80.0 Å². The minimum absolute atomic E-state index is 0.113. The van der Waals surface area contributed by atoms with Crippen LogP contribution >= 0.6 is 0 Å². The molecule has 0 aliphatic heterocycles. The predicted octanol–water partition coefficient (Wildman–Crippen LogP) is 1.56. The Balaban J connectivity index is 1.79. The van der Waals surface area contributed by atoms with Crippen LogP contribution in [0.3, 0.4) is 0 Å². The molecule has 3 atom stereocenters. The first kappa shape index (κ1) is 9.47. The molecule has 0 aromatic carbocycles. The fraction of sp³-hybridized carbons (Fsp3) is 1.00. The molecule has 0 spiro atoms. The molecule has 0 amide bonds. The molecular formula is C11H20O2. The summed E-state index contributed by atoms with van der Waals surface area (Å²) >= 11 is 0. The zero-order valence-corrected chi connectivity index (χ0v) is 8.15. The summed E-state index contributed by atoms with van der Waals surface area (Å²) in [5.41, 5.74) is 0. The van der Waals surface area contributed by atoms with Crippen LogP contribution in [0.2, 0.25) is 0 Å². The van der Waals surface area contributed by atoms with E-state index in [4.69, 9.17) is 5.11 Å². The number of rotatable bonds is 3. The van der Waals surface area contributed by atoms with Gasteiger partial charge < -0.3 is 10.2 Å². The first-order valence-corrected chi connectivity index (χ1v) is 5.62. The predicted molar refractivity (Wildman–Crippen MR) is 51.3 cm³/mol. The minimum Gasteiger partial charge on any atom is -0.396 e. The van der Waals surface area contributed by atoms with E-state index in [-0.39, 0.29) is 12.7 Å². The lowest BCUT2D eigenvalue weighted by Gasteiger charge is -2.26. The van der Waals surface area contributed by atoms with Gasteiger partial charge in [0.15, 0.2) is 0 Å². The van der Waals surface area contributed by atoms with E-state index in [2.05, 4.69) is 0 Å². The van der Waals surface area contributed by atoms with Crippen LogP contribution in [-0.2, 0) is 0 Å². The third-order valence-electron chi connectivity index (χ3n) is 3.78. The zero-order chi connectivity index (χ0) is 9.26. The quantitative estimate of drug-likeness (QED) is 0.698. The van der Waals surface area contributed by atoms with Crippen LogP contribution in [-0.4, -0.2) is 22.9 Å². The van der Waals surface area contributed by atoms with Crippen LogP contribution in [0, 0.1) is 17.8 Å². The van der Waals surface area contributed by atoms with Crippen LogP contribution in [0.15, 0.2) is 0 Å². The summed E-state index contributed by atoms with van der Waals surface area (Å²) in [4.78, 5) is 0. The maximum Gasteiger partial charge on any atom is 0.0600 e. The van der Waals surface area contributed by atoms with Gasteiger partial charge >= 0.3 is 0 Å². The third-order valence-corrected chi connectivity index (χ3v) is 3.78. The average molecular weight is 184 g/mol. The van der Waals surface area contributed by atoms with E-state index in [9.17, 15) is 5.11 Å². The molecule has 76 valence electrons. The van der Waals surface area contributed by atoms with E-state index < -0.39 is 0 Å². The fourth-order valence-electron chi connectivity index (χ4n) is 2.72. The van der Waals surface area contributed by atoms with Crippen molar-refractivity contribution in [2.45, 2.75) is 44.6 Å². The van der Waals surface area contributed by atoms with Crippen molar-refractivity contribution < 1.29 is 10.2 Å². The van der Waals surface area contributed by atoms with E-state index in [0.717, 1.165) is 6.42 Å². The van der Waals surface area contributed by atoms with Gasteiger partial charge in [-0.05, 0) is 37.0 Å². The molecule has 0 saturated heterocycles. The van der Waals surface area contributed by atoms with E-state index in [1.54, 1.807) is 0 Å². The van der Waals surface area contributed by atoms with E-state index >= 15 is 0 Å². The lowest BCUT2D eigenvalue weighted by Crippen LogP contribution is -2.25. The van der Waals surface area contributed by atoms with Gasteiger partial charge in [-0.3, -0.25) is 0 Å². The molecule has 0 unspecified atom stereocenters. The molecule has 0 bridgehead atoms. The Morgan fingerprint density at radius 3 is 2.38 bits per heavy atom. The van der Waals surface area contributed by atoms with Crippen molar-refractivity contribution in [3.63, 3.8) is 0 Å². The molecule has 0 aromatic heterocycles. The van der Waals surface area contributed by atoms with E-state index in [0.29, 0.717) is 17.8 Å². The van der Waals surface area contributed by atoms with Crippen molar-refractivity contribution in [2.75, 3.05) is 6.61 Å². The highest BCUT2D eigenvalue weighted by atomic mass is 16.3. The Morgan fingerprint density at radius 1 is 1.15 bits per heavy atom. The van der Waals surface area contributed by atoms with E-state index in [1.165, 1.54) is 32.1 Å². The minimum atomic E-state index is -0.113. The molecule has 2 rings (SSSR count). The SMILES string of the molecule is OC[C@@H]1C[C@@H]1[C@H](O)C1CCCCC1. The fourth-order valence-corrected chi connectivity index (χ4v) is 2.72. The van der Waals surface area contributed by atoms with Gasteiger partial charge in [0.1, 0.15) is 0 Å². The normalized spacial score (nSPS) is 37.4. The summed E-state index contributed by atoms with van der Waals surface area (Å²) in [6, 6.07) is 0. The van der Waals surface area contributed by atoms with Crippen LogP contribution in [0.5, 0.6) is 0 Å². The molecule has 2 saturated carbocycles. The standard InChI is InChI=1S/C11H20O2/c12-7-9-6-10(9)11(13)8-4-2-1-3-5-8/h8-13H,1-7H2/t9-,10-,11+/m0/s1. The lowest BCUT2D eigenvalue weighted by molar-refractivity contribution is 0.0576. The van der Waals surface area contributed by atoms with Gasteiger partial charge in [0.05, 0.1) is 6.10 Å². The Morgan fingerprint density at radius 2 is 1.85 bits per heavy atom. The van der Waals surface area contributed by atoms with Gasteiger partial charge in [-0.15, -0.1) is 0 Å². The topological polar surface area (TPSA) is 40.5 Å². The second-order valence-electron chi connectivity index (χ2n) is 4.73. The summed E-state index contributed by atoms with van der Waals surface area (Å²) < 4.78 is 0. The smallest absolute Gasteiger partial charge is 0.0600 e. The molecule has 2 N–H and O–H groups in total. The monoisotopic (exact) mass is 184 g/mol. The molecule has 2 aliphatic carbocycles. The summed E-state index contributed by atoms with van der Waals surface area (Å²) in [6.45, 7) is 0.272. The van der Waals surface area contributed by atoms with Crippen molar-refractivity contribution in [3.8, 4) is 0 Å². The molecule has 2 heteroatoms. The van der Waals surface area contributed by atoms with Crippen molar-refractivity contribution in [3.05, 3.63) is 0 Å². The van der Waals surface area contributed by atoms with Crippen LogP contribution in [0.1, 0.15) is 38.5 Å². The van der Waals surface area contributed by atoms with Crippen LogP contribution in [0.4, 0.5) is 0 Å². The molecule has 13 heavy (non-hydrogen) atoms. The van der Waals surface area contributed by atoms with Crippen molar-refractivity contribution in [1.82, 2.24) is 0 Å². The van der Waals surface area contributed by atoms with Gasteiger partial charge in [-0.25, -0.2) is 0 Å². The second-order valence-corrected chi connectivity index (χ2v) is 4.73. The van der Waals surface area contributed by atoms with Crippen molar-refractivity contribution in [1.29, 1.82) is 0 Å². The van der Waals surface area contributed by atoms with E-state index in [1.807, 2.05) is 0 Å². The number of hydrogen-bond acceptors (Lipinski definition) is 2. The second kappa shape index (κ2) is 3.97. The van der Waals surface area contributed by atoms with Gasteiger partial charge in [0, 0.05) is 6.61 Å². The molecule has 2 fully saturated rings. The van der Waals surface area contributed by atoms with Gasteiger partial charge in [0.25, 0.3) is 0 Å². The summed E-state index contributed by atoms with van der Waals surface area (Å²) in [5, 5.41) is 18.9. The first-order chi connectivity index (χ1) is 6.33. The lowest BCUT2D eigenvalue weighted by atomic mass is 9.83. The molecular weight excluding hydrogens is 164 g/mol. The summed E-state index contributed by atoms with van der Waals surface area (Å²) in [5.74, 6) is 1.38. The zero-order valence-electron chi connectivity index (χ0n) is 8.15. The van der Waals surface area contributed by atoms with Gasteiger partial charge in [-0.1, -0.05) is 19.3 Å². The average Bonchev–Trinajstić information content (AvgIpc) is 2.97. The third kappa shape index (κ3) is 2.05. The highest BCUT2D eigenvalue weighted by Gasteiger charge is 2.44. The molecule has 0 aromatic rings. The van der Waals surface area contributed by atoms with Gasteiger partial charge in [0.2, 0.25) is 0 Å². The molecule has 2 nitrogen and oxygen atoms in total. The van der Waals surface area contributed by atoms with Crippen molar-refractivity contribution in [2.24, 2.45) is 17.8 Å². The highest BCUT2D eigenvalue weighted by Crippen LogP contribution is 2.45. The number of aliphatic hydroxyl groups excluding tert-OH is 2. The Bertz CT molecular complexity index is 163. The number of aliphatic hydroxyl groups is 2. The number of hydrogen-bond donors (Lipinski definition) is 2.